The maximum atomic E-state index is 6.75. The van der Waals surface area contributed by atoms with Crippen LogP contribution in [-0.4, -0.2) is 12.1 Å². The molecule has 0 radical (unpaired) electrons. The Morgan fingerprint density at radius 2 is 1.10 bits per heavy atom. The first-order chi connectivity index (χ1) is 14.5. The molecule has 2 aliphatic rings. The molecule has 1 aromatic heterocycles. The normalized spacial score (nSPS) is 16.5. The molecule has 0 amide bonds. The van der Waals surface area contributed by atoms with Crippen LogP contribution in [0.25, 0.3) is 21.9 Å². The highest BCUT2D eigenvalue weighted by molar-refractivity contribution is 7.39. The second-order valence-corrected chi connectivity index (χ2v) is 10.9. The molecule has 0 N–H and O–H groups in total. The fraction of sp³-hybridized carbons (Fsp3) is 0.538. The largest absolute Gasteiger partial charge is 0.408 e. The first-order valence-electron chi connectivity index (χ1n) is 11.8. The van der Waals surface area contributed by atoms with Gasteiger partial charge < -0.3 is 8.39 Å². The summed E-state index contributed by atoms with van der Waals surface area (Å²) in [5.74, 6) is 0. The Balaban J connectivity index is 1.94. The molecule has 0 bridgehead atoms. The molecule has 5 rings (SSSR count). The molecule has 0 unspecified atom stereocenters. The number of nitrogens with zero attached hydrogens (tertiary/aromatic N) is 1. The van der Waals surface area contributed by atoms with E-state index in [1.165, 1.54) is 71.6 Å². The van der Waals surface area contributed by atoms with Crippen LogP contribution in [0.1, 0.15) is 75.6 Å². The van der Waals surface area contributed by atoms with E-state index in [4.69, 9.17) is 8.39 Å². The SMILES string of the molecule is CC(C)N(C(C)C)p1oc2ccc3c(c2c2c4c(ccc2o1)CCCC4)CCCC3. The summed E-state index contributed by atoms with van der Waals surface area (Å²) in [7, 11) is -1.21. The zero-order chi connectivity index (χ0) is 20.8. The summed E-state index contributed by atoms with van der Waals surface area (Å²) in [4.78, 5) is 0. The lowest BCUT2D eigenvalue weighted by molar-refractivity contribution is 0.570. The molecule has 0 spiro atoms. The Labute approximate surface area is 181 Å². The van der Waals surface area contributed by atoms with Gasteiger partial charge in [0.15, 0.2) is 0 Å². The minimum atomic E-state index is -1.21. The van der Waals surface area contributed by atoms with Gasteiger partial charge in [0, 0.05) is 22.9 Å². The lowest BCUT2D eigenvalue weighted by atomic mass is 9.84. The molecule has 160 valence electrons. The van der Waals surface area contributed by atoms with Gasteiger partial charge in [0.2, 0.25) is 0 Å². The summed E-state index contributed by atoms with van der Waals surface area (Å²) in [5.41, 5.74) is 8.12. The molecular weight excluding hydrogens is 389 g/mol. The maximum absolute atomic E-state index is 6.75. The first kappa shape index (κ1) is 20.2. The quantitative estimate of drug-likeness (QED) is 0.430. The summed E-state index contributed by atoms with van der Waals surface area (Å²) in [5, 5.41) is 2.69. The molecule has 2 aliphatic carbocycles. The molecule has 2 aromatic carbocycles. The van der Waals surface area contributed by atoms with Gasteiger partial charge in [-0.05, 0) is 113 Å². The van der Waals surface area contributed by atoms with Crippen molar-refractivity contribution in [2.24, 2.45) is 0 Å². The smallest absolute Gasteiger partial charge is 0.310 e. The van der Waals surface area contributed by atoms with Crippen molar-refractivity contribution in [3.8, 4) is 0 Å². The third kappa shape index (κ3) is 3.41. The van der Waals surface area contributed by atoms with Crippen molar-refractivity contribution in [2.75, 3.05) is 4.67 Å². The van der Waals surface area contributed by atoms with Crippen LogP contribution in [-0.2, 0) is 25.7 Å². The molecule has 3 nitrogen and oxygen atoms in total. The summed E-state index contributed by atoms with van der Waals surface area (Å²) < 4.78 is 15.9. The second-order valence-electron chi connectivity index (χ2n) is 9.55. The Bertz CT molecular complexity index is 1040. The van der Waals surface area contributed by atoms with E-state index in [-0.39, 0.29) is 0 Å². The average molecular weight is 424 g/mol. The van der Waals surface area contributed by atoms with Crippen LogP contribution in [0.3, 0.4) is 0 Å². The van der Waals surface area contributed by atoms with Gasteiger partial charge in [-0.2, -0.15) is 4.67 Å². The second kappa shape index (κ2) is 8.09. The first-order valence-corrected chi connectivity index (χ1v) is 12.9. The molecule has 1 heterocycles. The number of fused-ring (bicyclic) bond motifs is 7. The van der Waals surface area contributed by atoms with Crippen LogP contribution in [0, 0.1) is 0 Å². The molecule has 0 saturated carbocycles. The van der Waals surface area contributed by atoms with E-state index in [0.29, 0.717) is 12.1 Å². The highest BCUT2D eigenvalue weighted by Gasteiger charge is 2.25. The van der Waals surface area contributed by atoms with Gasteiger partial charge in [0.25, 0.3) is 0 Å². The molecule has 3 aromatic rings. The van der Waals surface area contributed by atoms with E-state index >= 15 is 0 Å². The van der Waals surface area contributed by atoms with Crippen molar-refractivity contribution in [3.05, 3.63) is 46.5 Å². The van der Waals surface area contributed by atoms with Gasteiger partial charge in [0.1, 0.15) is 11.2 Å². The highest BCUT2D eigenvalue weighted by Crippen LogP contribution is 2.44. The lowest BCUT2D eigenvalue weighted by Gasteiger charge is -2.26. The summed E-state index contributed by atoms with van der Waals surface area (Å²) >= 11 is 0. The fourth-order valence-corrected chi connectivity index (χ4v) is 7.19. The van der Waals surface area contributed by atoms with E-state index in [1.54, 1.807) is 0 Å². The van der Waals surface area contributed by atoms with Crippen LogP contribution in [0.5, 0.6) is 0 Å². The molecular formula is C26H34NO2P. The van der Waals surface area contributed by atoms with Crippen molar-refractivity contribution in [2.45, 2.75) is 91.1 Å². The van der Waals surface area contributed by atoms with Gasteiger partial charge in [-0.1, -0.05) is 12.1 Å². The highest BCUT2D eigenvalue weighted by atomic mass is 31.1. The Morgan fingerprint density at radius 3 is 1.53 bits per heavy atom. The van der Waals surface area contributed by atoms with Crippen molar-refractivity contribution in [1.82, 2.24) is 0 Å². The molecule has 0 saturated heterocycles. The number of hydrogen-bond donors (Lipinski definition) is 0. The van der Waals surface area contributed by atoms with Gasteiger partial charge in [-0.25, -0.2) is 0 Å². The van der Waals surface area contributed by atoms with Gasteiger partial charge in [-0.3, -0.25) is 0 Å². The van der Waals surface area contributed by atoms with E-state index in [1.807, 2.05) is 0 Å². The average Bonchev–Trinajstić information content (AvgIpc) is 2.90. The zero-order valence-corrected chi connectivity index (χ0v) is 19.7. The topological polar surface area (TPSA) is 29.5 Å². The number of benzene rings is 2. The van der Waals surface area contributed by atoms with Crippen molar-refractivity contribution < 1.29 is 8.39 Å². The predicted octanol–water partition coefficient (Wildman–Crippen LogP) is 7.80. The summed E-state index contributed by atoms with van der Waals surface area (Å²) in [6, 6.07) is 9.81. The van der Waals surface area contributed by atoms with Crippen LogP contribution in [0.4, 0.5) is 0 Å². The minimum Gasteiger partial charge on any atom is -0.408 e. The van der Waals surface area contributed by atoms with Crippen LogP contribution in [0.15, 0.2) is 32.7 Å². The Morgan fingerprint density at radius 1 is 0.667 bits per heavy atom. The van der Waals surface area contributed by atoms with Gasteiger partial charge in [0.05, 0.1) is 0 Å². The van der Waals surface area contributed by atoms with E-state index in [2.05, 4.69) is 56.6 Å². The fourth-order valence-electron chi connectivity index (χ4n) is 5.57. The monoisotopic (exact) mass is 423 g/mol. The molecule has 0 fully saturated rings. The predicted molar refractivity (Wildman–Crippen MR) is 128 cm³/mol. The van der Waals surface area contributed by atoms with E-state index in [9.17, 15) is 0 Å². The third-order valence-electron chi connectivity index (χ3n) is 6.84. The summed E-state index contributed by atoms with van der Waals surface area (Å²) in [6.45, 7) is 8.95. The summed E-state index contributed by atoms with van der Waals surface area (Å²) in [6.07, 6.45) is 9.82. The van der Waals surface area contributed by atoms with Gasteiger partial charge in [-0.15, -0.1) is 0 Å². The standard InChI is InChI=1S/C26H34NO2P/c1-17(2)27(18(3)4)30-28-23-15-13-19-9-5-7-11-21(19)25(23)26-22-12-8-6-10-20(22)14-16-24(26)29-30/h13-18H,5-12H2,1-4H3. The number of rotatable bonds is 3. The van der Waals surface area contributed by atoms with E-state index < -0.39 is 8.16 Å². The Hall–Kier alpha value is -1.70. The molecule has 30 heavy (non-hydrogen) atoms. The van der Waals surface area contributed by atoms with Gasteiger partial charge >= 0.3 is 8.16 Å². The van der Waals surface area contributed by atoms with Crippen LogP contribution < -0.4 is 4.67 Å². The maximum Gasteiger partial charge on any atom is 0.310 e. The number of hydrogen-bond acceptors (Lipinski definition) is 3. The van der Waals surface area contributed by atoms with Crippen LogP contribution in [0.2, 0.25) is 0 Å². The van der Waals surface area contributed by atoms with Crippen molar-refractivity contribution >= 4 is 30.1 Å². The third-order valence-corrected chi connectivity index (χ3v) is 8.85. The lowest BCUT2D eigenvalue weighted by Crippen LogP contribution is -2.34. The minimum absolute atomic E-state index is 0.358. The number of aryl methyl sites for hydroxylation is 4. The zero-order valence-electron chi connectivity index (χ0n) is 18.8. The molecule has 4 heteroatoms. The van der Waals surface area contributed by atoms with Crippen LogP contribution >= 0.6 is 8.16 Å². The Kier molecular flexibility index (Phi) is 5.45. The van der Waals surface area contributed by atoms with Crippen molar-refractivity contribution in [3.63, 3.8) is 0 Å². The van der Waals surface area contributed by atoms with E-state index in [0.717, 1.165) is 24.0 Å². The van der Waals surface area contributed by atoms with Crippen molar-refractivity contribution in [1.29, 1.82) is 0 Å². The molecule has 0 atom stereocenters. The molecule has 0 aliphatic heterocycles.